The molecule has 156 valence electrons. The van der Waals surface area contributed by atoms with Gasteiger partial charge in [0.05, 0.1) is 4.90 Å². The Morgan fingerprint density at radius 2 is 1.59 bits per heavy atom. The molecule has 6 nitrogen and oxygen atoms in total. The van der Waals surface area contributed by atoms with Crippen LogP contribution in [-0.2, 0) is 14.8 Å². The van der Waals surface area contributed by atoms with Crippen molar-refractivity contribution in [1.82, 2.24) is 5.32 Å². The monoisotopic (exact) mass is 420 g/mol. The van der Waals surface area contributed by atoms with Crippen molar-refractivity contribution in [1.29, 1.82) is 0 Å². The van der Waals surface area contributed by atoms with Crippen molar-refractivity contribution < 1.29 is 22.3 Å². The van der Waals surface area contributed by atoms with Gasteiger partial charge in [-0.3, -0.25) is 9.52 Å². The first-order valence-electron chi connectivity index (χ1n) is 9.73. The van der Waals surface area contributed by atoms with Gasteiger partial charge in [0.2, 0.25) is 0 Å². The van der Waals surface area contributed by atoms with Crippen LogP contribution in [0.2, 0.25) is 0 Å². The normalized spacial score (nSPS) is 15.3. The molecule has 0 aromatic heterocycles. The Bertz CT molecular complexity index is 907. The number of hydrogen-bond donors (Lipinski definition) is 2. The van der Waals surface area contributed by atoms with Crippen molar-refractivity contribution in [3.63, 3.8) is 0 Å². The maximum Gasteiger partial charge on any atom is 0.261 e. The van der Waals surface area contributed by atoms with E-state index in [4.69, 9.17) is 4.74 Å². The zero-order valence-electron chi connectivity index (χ0n) is 16.1. The van der Waals surface area contributed by atoms with Gasteiger partial charge in [0.1, 0.15) is 11.6 Å². The van der Waals surface area contributed by atoms with E-state index in [0.29, 0.717) is 5.75 Å². The van der Waals surface area contributed by atoms with Crippen LogP contribution in [0, 0.1) is 5.82 Å². The zero-order valence-corrected chi connectivity index (χ0v) is 16.9. The Kier molecular flexibility index (Phi) is 7.09. The van der Waals surface area contributed by atoms with Crippen molar-refractivity contribution >= 4 is 21.6 Å². The summed E-state index contributed by atoms with van der Waals surface area (Å²) in [5.41, 5.74) is 0.266. The van der Waals surface area contributed by atoms with Gasteiger partial charge in [0, 0.05) is 11.7 Å². The summed E-state index contributed by atoms with van der Waals surface area (Å²) in [5.74, 6) is -0.217. The maximum absolute atomic E-state index is 12.9. The molecule has 0 spiro atoms. The molecule has 29 heavy (non-hydrogen) atoms. The molecular formula is C21H25FN2O4S. The summed E-state index contributed by atoms with van der Waals surface area (Å²) in [7, 11) is -3.80. The minimum absolute atomic E-state index is 0.0390. The number of benzene rings is 2. The first kappa shape index (κ1) is 21.1. The fourth-order valence-corrected chi connectivity index (χ4v) is 4.35. The summed E-state index contributed by atoms with van der Waals surface area (Å²) in [4.78, 5) is 12.1. The van der Waals surface area contributed by atoms with E-state index in [1.165, 1.54) is 61.4 Å². The lowest BCUT2D eigenvalue weighted by Crippen LogP contribution is -2.37. The fourth-order valence-electron chi connectivity index (χ4n) is 3.29. The maximum atomic E-state index is 12.9. The molecule has 1 aliphatic carbocycles. The van der Waals surface area contributed by atoms with Gasteiger partial charge in [-0.05, 0) is 61.4 Å². The molecule has 8 heteroatoms. The summed E-state index contributed by atoms with van der Waals surface area (Å²) in [5, 5.41) is 3.00. The standard InChI is InChI=1S/C21H25FN2O4S/c22-16-7-9-18(10-8-16)24-29(26,27)20-13-11-19(12-14-20)28-15-21(25)23-17-5-3-1-2-4-6-17/h7-14,17,24H,1-6,15H2,(H,23,25). The van der Waals surface area contributed by atoms with E-state index >= 15 is 0 Å². The third kappa shape index (κ3) is 6.45. The number of hydrogen-bond acceptors (Lipinski definition) is 4. The van der Waals surface area contributed by atoms with E-state index in [9.17, 15) is 17.6 Å². The highest BCUT2D eigenvalue weighted by atomic mass is 32.2. The van der Waals surface area contributed by atoms with Gasteiger partial charge in [0.25, 0.3) is 15.9 Å². The van der Waals surface area contributed by atoms with Crippen LogP contribution >= 0.6 is 0 Å². The molecule has 0 radical (unpaired) electrons. The van der Waals surface area contributed by atoms with Gasteiger partial charge in [-0.1, -0.05) is 25.7 Å². The van der Waals surface area contributed by atoms with Gasteiger partial charge in [-0.15, -0.1) is 0 Å². The number of anilines is 1. The quantitative estimate of drug-likeness (QED) is 0.667. The molecule has 1 amide bonds. The van der Waals surface area contributed by atoms with Crippen molar-refractivity contribution in [2.45, 2.75) is 49.5 Å². The second kappa shape index (κ2) is 9.73. The van der Waals surface area contributed by atoms with E-state index in [2.05, 4.69) is 10.0 Å². The summed E-state index contributed by atoms with van der Waals surface area (Å²) < 4.78 is 45.6. The Labute approximate surface area is 170 Å². The topological polar surface area (TPSA) is 84.5 Å². The molecule has 2 aromatic carbocycles. The minimum Gasteiger partial charge on any atom is -0.484 e. The lowest BCUT2D eigenvalue weighted by Gasteiger charge is -2.16. The molecule has 0 bridgehead atoms. The molecule has 3 rings (SSSR count). The highest BCUT2D eigenvalue weighted by molar-refractivity contribution is 7.92. The van der Waals surface area contributed by atoms with Crippen molar-refractivity contribution in [2.75, 3.05) is 11.3 Å². The molecule has 0 unspecified atom stereocenters. The van der Waals surface area contributed by atoms with Gasteiger partial charge < -0.3 is 10.1 Å². The Morgan fingerprint density at radius 3 is 2.21 bits per heavy atom. The number of amides is 1. The number of carbonyl (C=O) groups is 1. The lowest BCUT2D eigenvalue weighted by molar-refractivity contribution is -0.123. The van der Waals surface area contributed by atoms with Crippen molar-refractivity contribution in [3.8, 4) is 5.75 Å². The number of ether oxygens (including phenoxy) is 1. The number of sulfonamides is 1. The minimum atomic E-state index is -3.80. The summed E-state index contributed by atoms with van der Waals surface area (Å²) >= 11 is 0. The first-order chi connectivity index (χ1) is 13.9. The Hall–Kier alpha value is -2.61. The largest absolute Gasteiger partial charge is 0.484 e. The fraction of sp³-hybridized carbons (Fsp3) is 0.381. The van der Waals surface area contributed by atoms with Crippen LogP contribution in [0.5, 0.6) is 5.75 Å². The highest BCUT2D eigenvalue weighted by Crippen LogP contribution is 2.20. The summed E-state index contributed by atoms with van der Waals surface area (Å²) in [6.07, 6.45) is 6.70. The third-order valence-corrected chi connectivity index (χ3v) is 6.22. The molecule has 0 atom stereocenters. The van der Waals surface area contributed by atoms with Crippen molar-refractivity contribution in [3.05, 3.63) is 54.3 Å². The number of rotatable bonds is 7. The zero-order chi connectivity index (χ0) is 20.7. The van der Waals surface area contributed by atoms with Gasteiger partial charge >= 0.3 is 0 Å². The summed E-state index contributed by atoms with van der Waals surface area (Å²) in [6, 6.07) is 11.0. The van der Waals surface area contributed by atoms with E-state index in [1.807, 2.05) is 0 Å². The van der Waals surface area contributed by atoms with Crippen LogP contribution in [0.3, 0.4) is 0 Å². The van der Waals surface area contributed by atoms with E-state index in [0.717, 1.165) is 25.7 Å². The molecule has 2 aromatic rings. The molecule has 0 aliphatic heterocycles. The van der Waals surface area contributed by atoms with Crippen LogP contribution in [0.4, 0.5) is 10.1 Å². The van der Waals surface area contributed by atoms with E-state index in [-0.39, 0.29) is 29.1 Å². The lowest BCUT2D eigenvalue weighted by atomic mass is 10.1. The number of halogens is 1. The molecular weight excluding hydrogens is 395 g/mol. The molecule has 0 saturated heterocycles. The Morgan fingerprint density at radius 1 is 0.966 bits per heavy atom. The van der Waals surface area contributed by atoms with Gasteiger partial charge in [-0.2, -0.15) is 0 Å². The van der Waals surface area contributed by atoms with Crippen LogP contribution in [0.15, 0.2) is 53.4 Å². The SMILES string of the molecule is O=C(COc1ccc(S(=O)(=O)Nc2ccc(F)cc2)cc1)NC1CCCCCC1. The van der Waals surface area contributed by atoms with Gasteiger partial charge in [0.15, 0.2) is 6.61 Å². The van der Waals surface area contributed by atoms with E-state index in [1.54, 1.807) is 0 Å². The average molecular weight is 421 g/mol. The molecule has 2 N–H and O–H groups in total. The predicted molar refractivity (Wildman–Crippen MR) is 109 cm³/mol. The van der Waals surface area contributed by atoms with E-state index < -0.39 is 15.8 Å². The second-order valence-electron chi connectivity index (χ2n) is 7.13. The predicted octanol–water partition coefficient (Wildman–Crippen LogP) is 3.84. The third-order valence-electron chi connectivity index (χ3n) is 4.82. The highest BCUT2D eigenvalue weighted by Gasteiger charge is 2.16. The molecule has 1 fully saturated rings. The average Bonchev–Trinajstić information content (AvgIpc) is 2.97. The number of carbonyl (C=O) groups excluding carboxylic acids is 1. The molecule has 0 heterocycles. The van der Waals surface area contributed by atoms with Gasteiger partial charge in [-0.25, -0.2) is 12.8 Å². The first-order valence-corrected chi connectivity index (χ1v) is 11.2. The summed E-state index contributed by atoms with van der Waals surface area (Å²) in [6.45, 7) is -0.115. The van der Waals surface area contributed by atoms with Crippen molar-refractivity contribution in [2.24, 2.45) is 0 Å². The van der Waals surface area contributed by atoms with Crippen LogP contribution < -0.4 is 14.8 Å². The Balaban J connectivity index is 1.52. The van der Waals surface area contributed by atoms with Crippen LogP contribution in [0.1, 0.15) is 38.5 Å². The van der Waals surface area contributed by atoms with Crippen LogP contribution in [0.25, 0.3) is 0 Å². The second-order valence-corrected chi connectivity index (χ2v) is 8.81. The van der Waals surface area contributed by atoms with Crippen LogP contribution in [-0.4, -0.2) is 27.0 Å². The number of nitrogens with one attached hydrogen (secondary N) is 2. The molecule has 1 aliphatic rings. The smallest absolute Gasteiger partial charge is 0.261 e. The molecule has 1 saturated carbocycles.